The monoisotopic (exact) mass is 204 g/mol. The lowest BCUT2D eigenvalue weighted by atomic mass is 9.98. The molecular formula is C12H16N2O. The van der Waals surface area contributed by atoms with Crippen LogP contribution in [-0.2, 0) is 0 Å². The molecule has 0 aliphatic carbocycles. The molecule has 80 valence electrons. The van der Waals surface area contributed by atoms with Gasteiger partial charge in [0.2, 0.25) is 0 Å². The smallest absolute Gasteiger partial charge is 0.156 e. The second-order valence-electron chi connectivity index (χ2n) is 4.47. The SMILES string of the molecule is CC(C)c1coc2cnnc(C(C)C)c12. The Morgan fingerprint density at radius 2 is 1.87 bits per heavy atom. The maximum Gasteiger partial charge on any atom is 0.156 e. The Hall–Kier alpha value is -1.38. The molecule has 0 radical (unpaired) electrons. The van der Waals surface area contributed by atoms with Gasteiger partial charge in [0.15, 0.2) is 5.58 Å². The predicted molar refractivity (Wildman–Crippen MR) is 60.0 cm³/mol. The first-order valence-electron chi connectivity index (χ1n) is 5.34. The van der Waals surface area contributed by atoms with E-state index < -0.39 is 0 Å². The van der Waals surface area contributed by atoms with Crippen molar-refractivity contribution in [1.29, 1.82) is 0 Å². The lowest BCUT2D eigenvalue weighted by Crippen LogP contribution is -1.97. The van der Waals surface area contributed by atoms with E-state index in [2.05, 4.69) is 37.9 Å². The highest BCUT2D eigenvalue weighted by Gasteiger charge is 2.16. The number of hydrogen-bond donors (Lipinski definition) is 0. The fourth-order valence-corrected chi connectivity index (χ4v) is 1.78. The molecule has 0 fully saturated rings. The largest absolute Gasteiger partial charge is 0.462 e. The molecule has 3 nitrogen and oxygen atoms in total. The van der Waals surface area contributed by atoms with Crippen LogP contribution in [0.5, 0.6) is 0 Å². The van der Waals surface area contributed by atoms with Crippen LogP contribution < -0.4 is 0 Å². The lowest BCUT2D eigenvalue weighted by Gasteiger charge is -2.07. The maximum absolute atomic E-state index is 5.50. The molecule has 0 saturated carbocycles. The molecule has 2 aromatic rings. The van der Waals surface area contributed by atoms with E-state index in [0.29, 0.717) is 11.8 Å². The first-order chi connectivity index (χ1) is 7.11. The number of fused-ring (bicyclic) bond motifs is 1. The number of furan rings is 1. The zero-order chi connectivity index (χ0) is 11.0. The van der Waals surface area contributed by atoms with Gasteiger partial charge in [-0.05, 0) is 11.8 Å². The minimum absolute atomic E-state index is 0.372. The zero-order valence-electron chi connectivity index (χ0n) is 9.61. The van der Waals surface area contributed by atoms with Crippen molar-refractivity contribution < 1.29 is 4.42 Å². The van der Waals surface area contributed by atoms with E-state index in [-0.39, 0.29) is 0 Å². The molecule has 0 atom stereocenters. The lowest BCUT2D eigenvalue weighted by molar-refractivity contribution is 0.603. The minimum Gasteiger partial charge on any atom is -0.462 e. The standard InChI is InChI=1S/C12H16N2O/c1-7(2)9-6-15-10-5-13-14-12(8(3)4)11(9)10/h5-8H,1-4H3. The van der Waals surface area contributed by atoms with Crippen LogP contribution in [0.1, 0.15) is 50.8 Å². The Bertz CT molecular complexity index is 471. The Balaban J connectivity index is 2.75. The minimum atomic E-state index is 0.372. The molecule has 15 heavy (non-hydrogen) atoms. The molecule has 0 unspecified atom stereocenters. The quantitative estimate of drug-likeness (QED) is 0.751. The fourth-order valence-electron chi connectivity index (χ4n) is 1.78. The molecular weight excluding hydrogens is 188 g/mol. The van der Waals surface area contributed by atoms with Crippen molar-refractivity contribution in [1.82, 2.24) is 10.2 Å². The van der Waals surface area contributed by atoms with Gasteiger partial charge in [-0.3, -0.25) is 0 Å². The van der Waals surface area contributed by atoms with Gasteiger partial charge >= 0.3 is 0 Å². The number of nitrogens with zero attached hydrogens (tertiary/aromatic N) is 2. The fraction of sp³-hybridized carbons (Fsp3) is 0.500. The average molecular weight is 204 g/mol. The van der Waals surface area contributed by atoms with Crippen LogP contribution in [0.4, 0.5) is 0 Å². The first-order valence-corrected chi connectivity index (χ1v) is 5.34. The molecule has 0 amide bonds. The summed E-state index contributed by atoms with van der Waals surface area (Å²) in [6.07, 6.45) is 3.51. The highest BCUT2D eigenvalue weighted by molar-refractivity contribution is 5.83. The van der Waals surface area contributed by atoms with Gasteiger partial charge in [0.1, 0.15) is 0 Å². The summed E-state index contributed by atoms with van der Waals surface area (Å²) in [5.41, 5.74) is 3.10. The summed E-state index contributed by atoms with van der Waals surface area (Å²) < 4.78 is 5.50. The molecule has 3 heteroatoms. The second kappa shape index (κ2) is 3.65. The van der Waals surface area contributed by atoms with Crippen LogP contribution in [0.15, 0.2) is 16.9 Å². The van der Waals surface area contributed by atoms with Gasteiger partial charge in [0.05, 0.1) is 18.2 Å². The van der Waals surface area contributed by atoms with E-state index in [4.69, 9.17) is 4.42 Å². The van der Waals surface area contributed by atoms with Gasteiger partial charge in [-0.1, -0.05) is 27.7 Å². The van der Waals surface area contributed by atoms with Gasteiger partial charge in [0.25, 0.3) is 0 Å². The van der Waals surface area contributed by atoms with Crippen LogP contribution in [0.2, 0.25) is 0 Å². The first kappa shape index (κ1) is 10.1. The molecule has 0 aliphatic rings. The van der Waals surface area contributed by atoms with Crippen LogP contribution in [0, 0.1) is 0 Å². The van der Waals surface area contributed by atoms with Crippen molar-refractivity contribution >= 4 is 11.0 Å². The van der Waals surface area contributed by atoms with E-state index in [0.717, 1.165) is 16.7 Å². The summed E-state index contributed by atoms with van der Waals surface area (Å²) in [5, 5.41) is 9.32. The molecule has 0 bridgehead atoms. The highest BCUT2D eigenvalue weighted by Crippen LogP contribution is 2.31. The summed E-state index contributed by atoms with van der Waals surface area (Å²) >= 11 is 0. The topological polar surface area (TPSA) is 38.9 Å². The van der Waals surface area contributed by atoms with Gasteiger partial charge in [-0.2, -0.15) is 10.2 Å². The molecule has 0 spiro atoms. The van der Waals surface area contributed by atoms with Crippen molar-refractivity contribution in [3.63, 3.8) is 0 Å². The van der Waals surface area contributed by atoms with E-state index >= 15 is 0 Å². The van der Waals surface area contributed by atoms with Crippen molar-refractivity contribution in [3.05, 3.63) is 23.7 Å². The summed E-state index contributed by atoms with van der Waals surface area (Å²) in [6.45, 7) is 8.57. The third-order valence-corrected chi connectivity index (χ3v) is 2.61. The summed E-state index contributed by atoms with van der Waals surface area (Å²) in [5.74, 6) is 0.823. The van der Waals surface area contributed by atoms with Gasteiger partial charge in [-0.15, -0.1) is 0 Å². The molecule has 2 aromatic heterocycles. The molecule has 0 aliphatic heterocycles. The third kappa shape index (κ3) is 1.62. The van der Waals surface area contributed by atoms with Gasteiger partial charge < -0.3 is 4.42 Å². The normalized spacial score (nSPS) is 11.9. The average Bonchev–Trinajstić information content (AvgIpc) is 2.60. The van der Waals surface area contributed by atoms with E-state index in [9.17, 15) is 0 Å². The number of rotatable bonds is 2. The maximum atomic E-state index is 5.50. The second-order valence-corrected chi connectivity index (χ2v) is 4.47. The predicted octanol–water partition coefficient (Wildman–Crippen LogP) is 3.47. The number of hydrogen-bond acceptors (Lipinski definition) is 3. The van der Waals surface area contributed by atoms with E-state index in [1.54, 1.807) is 6.20 Å². The summed E-state index contributed by atoms with van der Waals surface area (Å²) in [4.78, 5) is 0. The molecule has 0 N–H and O–H groups in total. The Kier molecular flexibility index (Phi) is 2.47. The van der Waals surface area contributed by atoms with E-state index in [1.165, 1.54) is 5.56 Å². The summed E-state index contributed by atoms with van der Waals surface area (Å²) in [6, 6.07) is 0. The Labute approximate surface area is 89.5 Å². The molecule has 2 heterocycles. The van der Waals surface area contributed by atoms with Crippen LogP contribution in [0.25, 0.3) is 11.0 Å². The molecule has 0 saturated heterocycles. The third-order valence-electron chi connectivity index (χ3n) is 2.61. The van der Waals surface area contributed by atoms with E-state index in [1.807, 2.05) is 6.26 Å². The number of aromatic nitrogens is 2. The van der Waals surface area contributed by atoms with Gasteiger partial charge in [-0.25, -0.2) is 0 Å². The van der Waals surface area contributed by atoms with Crippen molar-refractivity contribution in [2.45, 2.75) is 39.5 Å². The van der Waals surface area contributed by atoms with Crippen LogP contribution >= 0.6 is 0 Å². The van der Waals surface area contributed by atoms with Crippen LogP contribution in [0.3, 0.4) is 0 Å². The Morgan fingerprint density at radius 3 is 2.47 bits per heavy atom. The highest BCUT2D eigenvalue weighted by atomic mass is 16.3. The van der Waals surface area contributed by atoms with Crippen molar-refractivity contribution in [3.8, 4) is 0 Å². The van der Waals surface area contributed by atoms with Gasteiger partial charge in [0, 0.05) is 10.9 Å². The van der Waals surface area contributed by atoms with Crippen molar-refractivity contribution in [2.75, 3.05) is 0 Å². The van der Waals surface area contributed by atoms with Crippen LogP contribution in [-0.4, -0.2) is 10.2 Å². The Morgan fingerprint density at radius 1 is 1.13 bits per heavy atom. The van der Waals surface area contributed by atoms with Crippen molar-refractivity contribution in [2.24, 2.45) is 0 Å². The zero-order valence-corrected chi connectivity index (χ0v) is 9.61. The molecule has 0 aromatic carbocycles. The summed E-state index contributed by atoms with van der Waals surface area (Å²) in [7, 11) is 0. The molecule has 2 rings (SSSR count).